The van der Waals surface area contributed by atoms with Crippen LogP contribution in [0.3, 0.4) is 0 Å². The van der Waals surface area contributed by atoms with Crippen LogP contribution in [-0.2, 0) is 4.79 Å². The van der Waals surface area contributed by atoms with Crippen LogP contribution in [0.1, 0.15) is 32.4 Å². The molecule has 1 aromatic rings. The Morgan fingerprint density at radius 3 is 2.20 bits per heavy atom. The van der Waals surface area contributed by atoms with Gasteiger partial charge in [-0.3, -0.25) is 4.79 Å². The predicted molar refractivity (Wildman–Crippen MR) is 87.5 cm³/mol. The van der Waals surface area contributed by atoms with Gasteiger partial charge in [0.25, 0.3) is 0 Å². The van der Waals surface area contributed by atoms with Crippen LogP contribution in [0.5, 0.6) is 0 Å². The molecule has 20 heavy (non-hydrogen) atoms. The van der Waals surface area contributed by atoms with E-state index >= 15 is 0 Å². The summed E-state index contributed by atoms with van der Waals surface area (Å²) >= 11 is 5.90. The Labute approximate surface area is 132 Å². The molecule has 2 atom stereocenters. The molecule has 0 heterocycles. The molecule has 1 rings (SSSR count). The smallest absolute Gasteiger partial charge is 0.224 e. The number of amides is 1. The van der Waals surface area contributed by atoms with E-state index in [2.05, 4.69) is 24.5 Å². The predicted octanol–water partition coefficient (Wildman–Crippen LogP) is 3.43. The molecule has 0 aromatic heterocycles. The molecule has 0 radical (unpaired) electrons. The molecule has 5 heteroatoms. The number of carbonyl (C=O) groups is 1. The van der Waals surface area contributed by atoms with Gasteiger partial charge in [0.05, 0.1) is 6.04 Å². The van der Waals surface area contributed by atoms with Gasteiger partial charge in [-0.25, -0.2) is 0 Å². The number of nitrogens with one attached hydrogen (secondary N) is 2. The Hall–Kier alpha value is -0.770. The fraction of sp³-hybridized carbons (Fsp3) is 0.533. The van der Waals surface area contributed by atoms with Crippen molar-refractivity contribution in [1.29, 1.82) is 0 Å². The third kappa shape index (κ3) is 5.70. The summed E-state index contributed by atoms with van der Waals surface area (Å²) in [5.74, 6) is 0.355. The first-order valence-corrected chi connectivity index (χ1v) is 7.04. The van der Waals surface area contributed by atoms with E-state index in [0.717, 1.165) is 5.56 Å². The maximum Gasteiger partial charge on any atom is 0.224 e. The van der Waals surface area contributed by atoms with Gasteiger partial charge < -0.3 is 10.6 Å². The molecule has 2 N–H and O–H groups in total. The van der Waals surface area contributed by atoms with Crippen LogP contribution in [0.2, 0.25) is 5.02 Å². The Morgan fingerprint density at radius 1 is 1.20 bits per heavy atom. The van der Waals surface area contributed by atoms with E-state index in [-0.39, 0.29) is 30.3 Å². The van der Waals surface area contributed by atoms with Crippen molar-refractivity contribution >= 4 is 29.9 Å². The summed E-state index contributed by atoms with van der Waals surface area (Å²) in [7, 11) is 1.85. The molecule has 0 fully saturated rings. The fourth-order valence-corrected chi connectivity index (χ4v) is 2.13. The minimum atomic E-state index is -0.0430. The third-order valence-corrected chi connectivity index (χ3v) is 3.40. The van der Waals surface area contributed by atoms with E-state index in [0.29, 0.717) is 17.5 Å². The topological polar surface area (TPSA) is 41.1 Å². The highest BCUT2D eigenvalue weighted by Crippen LogP contribution is 2.23. The van der Waals surface area contributed by atoms with Gasteiger partial charge in [-0.1, -0.05) is 44.5 Å². The zero-order chi connectivity index (χ0) is 14.4. The van der Waals surface area contributed by atoms with Gasteiger partial charge in [-0.05, 0) is 30.7 Å². The third-order valence-electron chi connectivity index (χ3n) is 3.15. The first-order chi connectivity index (χ1) is 8.95. The number of hydrogen-bond donors (Lipinski definition) is 2. The van der Waals surface area contributed by atoms with Crippen LogP contribution in [0.15, 0.2) is 24.3 Å². The monoisotopic (exact) mass is 318 g/mol. The van der Waals surface area contributed by atoms with Crippen LogP contribution in [-0.4, -0.2) is 19.5 Å². The molecule has 0 bridgehead atoms. The van der Waals surface area contributed by atoms with E-state index in [1.54, 1.807) is 0 Å². The summed E-state index contributed by atoms with van der Waals surface area (Å²) in [4.78, 5) is 12.1. The molecular formula is C15H24Cl2N2O. The average Bonchev–Trinajstić information content (AvgIpc) is 2.37. The molecule has 0 saturated heterocycles. The number of hydrogen-bond acceptors (Lipinski definition) is 2. The zero-order valence-corrected chi connectivity index (χ0v) is 14.0. The standard InChI is InChI=1S/C15H23ClN2O.ClH/c1-10(2)14(12-5-7-13(16)8-6-12)18-15(19)11(3)9-17-4;/h5-8,10-11,14,17H,9H2,1-4H3,(H,18,19);1H. The lowest BCUT2D eigenvalue weighted by molar-refractivity contribution is -0.125. The Kier molecular flexibility index (Phi) is 8.86. The number of halogens is 2. The van der Waals surface area contributed by atoms with Crippen molar-refractivity contribution in [2.24, 2.45) is 11.8 Å². The lowest BCUT2D eigenvalue weighted by Gasteiger charge is -2.24. The van der Waals surface area contributed by atoms with Crippen LogP contribution in [0.25, 0.3) is 0 Å². The van der Waals surface area contributed by atoms with Gasteiger partial charge in [0.15, 0.2) is 0 Å². The Balaban J connectivity index is 0.00000361. The normalized spacial score (nSPS) is 13.5. The highest BCUT2D eigenvalue weighted by molar-refractivity contribution is 6.30. The second-order valence-electron chi connectivity index (χ2n) is 5.24. The van der Waals surface area contributed by atoms with Crippen molar-refractivity contribution < 1.29 is 4.79 Å². The van der Waals surface area contributed by atoms with E-state index in [1.807, 2.05) is 38.2 Å². The molecule has 0 saturated carbocycles. The van der Waals surface area contributed by atoms with Gasteiger partial charge in [0, 0.05) is 17.5 Å². The van der Waals surface area contributed by atoms with Crippen molar-refractivity contribution in [1.82, 2.24) is 10.6 Å². The SMILES string of the molecule is CNCC(C)C(=O)NC(c1ccc(Cl)cc1)C(C)C.Cl. The summed E-state index contributed by atoms with van der Waals surface area (Å²) in [6.07, 6.45) is 0. The molecular weight excluding hydrogens is 295 g/mol. The lowest BCUT2D eigenvalue weighted by atomic mass is 9.95. The van der Waals surface area contributed by atoms with Crippen molar-refractivity contribution in [3.05, 3.63) is 34.9 Å². The van der Waals surface area contributed by atoms with Gasteiger partial charge in [0.2, 0.25) is 5.91 Å². The molecule has 1 amide bonds. The minimum absolute atomic E-state index is 0. The zero-order valence-electron chi connectivity index (χ0n) is 12.4. The summed E-state index contributed by atoms with van der Waals surface area (Å²) in [6.45, 7) is 6.80. The summed E-state index contributed by atoms with van der Waals surface area (Å²) < 4.78 is 0. The molecule has 114 valence electrons. The van der Waals surface area contributed by atoms with Gasteiger partial charge in [-0.15, -0.1) is 12.4 Å². The molecule has 0 spiro atoms. The fourth-order valence-electron chi connectivity index (χ4n) is 2.00. The Bertz CT molecular complexity index is 407. The highest BCUT2D eigenvalue weighted by Gasteiger charge is 2.21. The summed E-state index contributed by atoms with van der Waals surface area (Å²) in [6, 6.07) is 7.67. The second kappa shape index (κ2) is 9.22. The minimum Gasteiger partial charge on any atom is -0.349 e. The van der Waals surface area contributed by atoms with Crippen LogP contribution >= 0.6 is 24.0 Å². The van der Waals surface area contributed by atoms with Gasteiger partial charge in [0.1, 0.15) is 0 Å². The number of benzene rings is 1. The van der Waals surface area contributed by atoms with Crippen LogP contribution in [0, 0.1) is 11.8 Å². The number of carbonyl (C=O) groups excluding carboxylic acids is 1. The maximum absolute atomic E-state index is 12.1. The first kappa shape index (κ1) is 19.2. The molecule has 0 aliphatic heterocycles. The largest absolute Gasteiger partial charge is 0.349 e. The highest BCUT2D eigenvalue weighted by atomic mass is 35.5. The Morgan fingerprint density at radius 2 is 1.75 bits per heavy atom. The van der Waals surface area contributed by atoms with Crippen molar-refractivity contribution in [3.63, 3.8) is 0 Å². The average molecular weight is 319 g/mol. The van der Waals surface area contributed by atoms with Crippen LogP contribution < -0.4 is 10.6 Å². The van der Waals surface area contributed by atoms with Gasteiger partial charge >= 0.3 is 0 Å². The first-order valence-electron chi connectivity index (χ1n) is 6.66. The quantitative estimate of drug-likeness (QED) is 0.843. The van der Waals surface area contributed by atoms with E-state index < -0.39 is 0 Å². The number of rotatable bonds is 6. The second-order valence-corrected chi connectivity index (χ2v) is 5.68. The van der Waals surface area contributed by atoms with Crippen molar-refractivity contribution in [2.45, 2.75) is 26.8 Å². The van der Waals surface area contributed by atoms with E-state index in [4.69, 9.17) is 11.6 Å². The van der Waals surface area contributed by atoms with Crippen molar-refractivity contribution in [2.75, 3.05) is 13.6 Å². The lowest BCUT2D eigenvalue weighted by Crippen LogP contribution is -2.38. The van der Waals surface area contributed by atoms with Gasteiger partial charge in [-0.2, -0.15) is 0 Å². The summed E-state index contributed by atoms with van der Waals surface area (Å²) in [5, 5.41) is 6.84. The maximum atomic E-state index is 12.1. The van der Waals surface area contributed by atoms with E-state index in [1.165, 1.54) is 0 Å². The molecule has 2 unspecified atom stereocenters. The van der Waals surface area contributed by atoms with E-state index in [9.17, 15) is 4.79 Å². The van der Waals surface area contributed by atoms with Crippen molar-refractivity contribution in [3.8, 4) is 0 Å². The van der Waals surface area contributed by atoms with Crippen LogP contribution in [0.4, 0.5) is 0 Å². The molecule has 1 aromatic carbocycles. The molecule has 3 nitrogen and oxygen atoms in total. The molecule has 0 aliphatic carbocycles. The summed E-state index contributed by atoms with van der Waals surface area (Å²) in [5.41, 5.74) is 1.09. The molecule has 0 aliphatic rings.